The second-order valence-electron chi connectivity index (χ2n) is 7.05. The number of pyridine rings is 1. The van der Waals surface area contributed by atoms with Crippen molar-refractivity contribution in [3.05, 3.63) is 83.1 Å². The number of halogens is 1. The third-order valence-electron chi connectivity index (χ3n) is 4.69. The van der Waals surface area contributed by atoms with Crippen molar-refractivity contribution < 1.29 is 15.0 Å². The van der Waals surface area contributed by atoms with Crippen molar-refractivity contribution in [1.82, 2.24) is 10.3 Å². The number of benzene rings is 2. The Hall–Kier alpha value is -2.93. The molecule has 2 aromatic carbocycles. The maximum absolute atomic E-state index is 11.4. The largest absolute Gasteiger partial charge is 0.476 e. The molecule has 156 valence electrons. The molecule has 2 atom stereocenters. The molecule has 0 saturated carbocycles. The number of hydrogen-bond donors (Lipinski definition) is 4. The number of carbonyl (C=O) groups is 1. The number of aliphatic hydroxyl groups is 1. The minimum Gasteiger partial charge on any atom is -0.476 e. The molecular weight excluding hydrogens is 402 g/mol. The van der Waals surface area contributed by atoms with Crippen LogP contribution in [0.4, 0.5) is 5.69 Å². The summed E-state index contributed by atoms with van der Waals surface area (Å²) in [6.45, 7) is 3.05. The van der Waals surface area contributed by atoms with Crippen LogP contribution in [0.1, 0.15) is 29.1 Å². The van der Waals surface area contributed by atoms with Gasteiger partial charge in [-0.1, -0.05) is 41.9 Å². The first kappa shape index (κ1) is 21.8. The minimum absolute atomic E-state index is 0.0275. The van der Waals surface area contributed by atoms with Gasteiger partial charge in [-0.3, -0.25) is 0 Å². The van der Waals surface area contributed by atoms with Crippen LogP contribution in [0.5, 0.6) is 0 Å². The van der Waals surface area contributed by atoms with Gasteiger partial charge in [0.15, 0.2) is 5.69 Å². The van der Waals surface area contributed by atoms with Gasteiger partial charge in [-0.2, -0.15) is 0 Å². The first-order valence-corrected chi connectivity index (χ1v) is 10.0. The predicted octanol–water partition coefficient (Wildman–Crippen LogP) is 4.22. The molecule has 0 aliphatic carbocycles. The maximum atomic E-state index is 11.4. The van der Waals surface area contributed by atoms with Gasteiger partial charge in [-0.05, 0) is 48.4 Å². The summed E-state index contributed by atoms with van der Waals surface area (Å²) in [5, 5.41) is 26.9. The lowest BCUT2D eigenvalue weighted by atomic mass is 10.0. The van der Waals surface area contributed by atoms with Crippen molar-refractivity contribution in [3.8, 4) is 11.1 Å². The normalized spacial score (nSPS) is 12.9. The molecule has 3 aromatic rings. The van der Waals surface area contributed by atoms with Crippen LogP contribution in [0.3, 0.4) is 0 Å². The number of aliphatic hydroxyl groups excluding tert-OH is 1. The van der Waals surface area contributed by atoms with E-state index in [1.807, 2.05) is 43.3 Å². The van der Waals surface area contributed by atoms with E-state index in [2.05, 4.69) is 15.6 Å². The highest BCUT2D eigenvalue weighted by Gasteiger charge is 2.13. The number of nitrogens with one attached hydrogen (secondary N) is 2. The molecule has 0 fully saturated rings. The van der Waals surface area contributed by atoms with Gasteiger partial charge < -0.3 is 20.8 Å². The Morgan fingerprint density at radius 3 is 2.67 bits per heavy atom. The molecule has 3 rings (SSSR count). The molecule has 1 heterocycles. The van der Waals surface area contributed by atoms with E-state index >= 15 is 0 Å². The summed E-state index contributed by atoms with van der Waals surface area (Å²) in [6.07, 6.45) is 0.828. The standard InChI is InChI=1S/C23H24ClN3O3/c1-15(26-14-21(28)17-6-2-7-18(24)11-17)13-27-19-8-3-5-16(12-19)20-9-4-10-25-22(20)23(29)30/h2-12,15,21,26-28H,13-14H2,1H3,(H,29,30)/t15-,21+/m1/s1. The molecule has 4 N–H and O–H groups in total. The highest BCUT2D eigenvalue weighted by molar-refractivity contribution is 6.30. The minimum atomic E-state index is -1.06. The molecule has 0 unspecified atom stereocenters. The molecule has 0 saturated heterocycles. The van der Waals surface area contributed by atoms with E-state index in [-0.39, 0.29) is 11.7 Å². The van der Waals surface area contributed by atoms with Crippen molar-refractivity contribution in [2.75, 3.05) is 18.4 Å². The van der Waals surface area contributed by atoms with Crippen molar-refractivity contribution in [3.63, 3.8) is 0 Å². The average Bonchev–Trinajstić information content (AvgIpc) is 2.76. The predicted molar refractivity (Wildman–Crippen MR) is 119 cm³/mol. The van der Waals surface area contributed by atoms with E-state index in [4.69, 9.17) is 11.6 Å². The molecule has 30 heavy (non-hydrogen) atoms. The summed E-state index contributed by atoms with van der Waals surface area (Å²) in [7, 11) is 0. The van der Waals surface area contributed by atoms with E-state index in [0.29, 0.717) is 23.7 Å². The van der Waals surface area contributed by atoms with Crippen molar-refractivity contribution in [2.45, 2.75) is 19.1 Å². The van der Waals surface area contributed by atoms with Crippen molar-refractivity contribution in [1.29, 1.82) is 0 Å². The Labute approximate surface area is 180 Å². The molecule has 0 aliphatic heterocycles. The zero-order valence-corrected chi connectivity index (χ0v) is 17.3. The van der Waals surface area contributed by atoms with Gasteiger partial charge in [0.25, 0.3) is 0 Å². The Kier molecular flexibility index (Phi) is 7.41. The summed E-state index contributed by atoms with van der Waals surface area (Å²) in [5.41, 5.74) is 3.02. The van der Waals surface area contributed by atoms with Crippen LogP contribution in [0.15, 0.2) is 66.9 Å². The summed E-state index contributed by atoms with van der Waals surface area (Å²) in [5.74, 6) is -1.06. The fourth-order valence-corrected chi connectivity index (χ4v) is 3.29. The van der Waals surface area contributed by atoms with E-state index in [1.54, 1.807) is 24.3 Å². The number of carboxylic acid groups (broad SMARTS) is 1. The lowest BCUT2D eigenvalue weighted by Gasteiger charge is -2.19. The van der Waals surface area contributed by atoms with Gasteiger partial charge in [0.2, 0.25) is 0 Å². The number of rotatable bonds is 9. The Balaban J connectivity index is 1.57. The fraction of sp³-hybridized carbons (Fsp3) is 0.217. The lowest BCUT2D eigenvalue weighted by Crippen LogP contribution is -2.35. The van der Waals surface area contributed by atoms with Gasteiger partial charge in [0.1, 0.15) is 0 Å². The first-order chi connectivity index (χ1) is 14.4. The molecular formula is C23H24ClN3O3. The number of nitrogens with zero attached hydrogens (tertiary/aromatic N) is 1. The van der Waals surface area contributed by atoms with Crippen LogP contribution in [0.25, 0.3) is 11.1 Å². The van der Waals surface area contributed by atoms with Crippen LogP contribution < -0.4 is 10.6 Å². The molecule has 6 nitrogen and oxygen atoms in total. The third kappa shape index (κ3) is 5.79. The summed E-state index contributed by atoms with van der Waals surface area (Å²) in [6, 6.07) is 18.3. The van der Waals surface area contributed by atoms with E-state index in [0.717, 1.165) is 16.8 Å². The zero-order valence-electron chi connectivity index (χ0n) is 16.5. The van der Waals surface area contributed by atoms with Gasteiger partial charge in [-0.15, -0.1) is 0 Å². The molecule has 0 spiro atoms. The van der Waals surface area contributed by atoms with Crippen LogP contribution in [-0.4, -0.2) is 40.3 Å². The molecule has 0 aliphatic rings. The highest BCUT2D eigenvalue weighted by Crippen LogP contribution is 2.25. The summed E-state index contributed by atoms with van der Waals surface area (Å²) in [4.78, 5) is 15.4. The van der Waals surface area contributed by atoms with E-state index in [1.165, 1.54) is 6.20 Å². The van der Waals surface area contributed by atoms with Gasteiger partial charge >= 0.3 is 5.97 Å². The molecule has 0 amide bonds. The SMILES string of the molecule is C[C@H](CNc1cccc(-c2cccnc2C(=O)O)c1)NC[C@H](O)c1cccc(Cl)c1. The highest BCUT2D eigenvalue weighted by atomic mass is 35.5. The zero-order chi connectivity index (χ0) is 21.5. The number of anilines is 1. The van der Waals surface area contributed by atoms with E-state index < -0.39 is 12.1 Å². The lowest BCUT2D eigenvalue weighted by molar-refractivity contribution is 0.0691. The van der Waals surface area contributed by atoms with Gasteiger partial charge in [0.05, 0.1) is 6.10 Å². The number of carboxylic acids is 1. The quantitative estimate of drug-likeness (QED) is 0.410. The fourth-order valence-electron chi connectivity index (χ4n) is 3.09. The number of aromatic nitrogens is 1. The Morgan fingerprint density at radius 2 is 1.90 bits per heavy atom. The first-order valence-electron chi connectivity index (χ1n) is 9.63. The third-order valence-corrected chi connectivity index (χ3v) is 4.92. The van der Waals surface area contributed by atoms with Crippen LogP contribution in [-0.2, 0) is 0 Å². The Bertz CT molecular complexity index is 1010. The summed E-state index contributed by atoms with van der Waals surface area (Å²) < 4.78 is 0. The molecule has 0 radical (unpaired) electrons. The van der Waals surface area contributed by atoms with Crippen molar-refractivity contribution in [2.24, 2.45) is 0 Å². The van der Waals surface area contributed by atoms with Gasteiger partial charge in [-0.25, -0.2) is 9.78 Å². The topological polar surface area (TPSA) is 94.5 Å². The molecule has 7 heteroatoms. The average molecular weight is 426 g/mol. The van der Waals surface area contributed by atoms with E-state index in [9.17, 15) is 15.0 Å². The number of hydrogen-bond acceptors (Lipinski definition) is 5. The maximum Gasteiger partial charge on any atom is 0.355 e. The second-order valence-corrected chi connectivity index (χ2v) is 7.48. The summed E-state index contributed by atoms with van der Waals surface area (Å²) >= 11 is 5.98. The van der Waals surface area contributed by atoms with Crippen molar-refractivity contribution >= 4 is 23.3 Å². The van der Waals surface area contributed by atoms with Crippen LogP contribution in [0, 0.1) is 0 Å². The van der Waals surface area contributed by atoms with Gasteiger partial charge in [0, 0.05) is 41.6 Å². The monoisotopic (exact) mass is 425 g/mol. The van der Waals surface area contributed by atoms with Crippen LogP contribution >= 0.6 is 11.6 Å². The molecule has 0 bridgehead atoms. The molecule has 1 aromatic heterocycles. The smallest absolute Gasteiger partial charge is 0.355 e. The Morgan fingerprint density at radius 1 is 1.10 bits per heavy atom. The van der Waals surface area contributed by atoms with Crippen LogP contribution in [0.2, 0.25) is 5.02 Å². The number of aromatic carboxylic acids is 1. The second kappa shape index (κ2) is 10.2.